The normalized spacial score (nSPS) is 9.93. The summed E-state index contributed by atoms with van der Waals surface area (Å²) in [6.45, 7) is 0.473. The molecule has 0 aromatic heterocycles. The highest BCUT2D eigenvalue weighted by molar-refractivity contribution is 5.92. The van der Waals surface area contributed by atoms with Crippen LogP contribution in [0.1, 0.15) is 10.4 Å². The number of phenols is 1. The van der Waals surface area contributed by atoms with Crippen molar-refractivity contribution in [3.8, 4) is 5.75 Å². The molecule has 0 aliphatic heterocycles. The monoisotopic (exact) mass is 211 g/mol. The van der Waals surface area contributed by atoms with Crippen molar-refractivity contribution < 1.29 is 19.4 Å². The molecular formula is C10H13NO4. The molecule has 0 heterocycles. The minimum absolute atomic E-state index is 0.0975. The predicted molar refractivity (Wildman–Crippen MR) is 54.7 cm³/mol. The molecule has 0 saturated heterocycles. The van der Waals surface area contributed by atoms with Crippen molar-refractivity contribution in [3.63, 3.8) is 0 Å². The van der Waals surface area contributed by atoms with Crippen LogP contribution in [0.4, 0.5) is 5.69 Å². The first-order valence-electron chi connectivity index (χ1n) is 4.39. The fourth-order valence-electron chi connectivity index (χ4n) is 1.02. The molecule has 0 amide bonds. The first-order chi connectivity index (χ1) is 7.15. The molecule has 1 aromatic carbocycles. The smallest absolute Gasteiger partial charge is 0.341 e. The number of esters is 1. The van der Waals surface area contributed by atoms with Gasteiger partial charge in [-0.25, -0.2) is 4.79 Å². The van der Waals surface area contributed by atoms with Crippen molar-refractivity contribution in [2.24, 2.45) is 0 Å². The van der Waals surface area contributed by atoms with Crippen LogP contribution in [0.25, 0.3) is 0 Å². The highest BCUT2D eigenvalue weighted by Crippen LogP contribution is 2.20. The standard InChI is InChI=1S/C10H13NO4/c1-14-4-5-15-10(13)8-3-2-7(11)6-9(8)12/h2-3,6,12H,4-5,11H2,1H3. The number of hydrogen-bond donors (Lipinski definition) is 2. The Morgan fingerprint density at radius 2 is 2.20 bits per heavy atom. The van der Waals surface area contributed by atoms with Crippen LogP contribution < -0.4 is 5.73 Å². The quantitative estimate of drug-likeness (QED) is 0.437. The van der Waals surface area contributed by atoms with Crippen molar-refractivity contribution in [2.45, 2.75) is 0 Å². The molecule has 0 aliphatic carbocycles. The summed E-state index contributed by atoms with van der Waals surface area (Å²) in [5.41, 5.74) is 5.90. The van der Waals surface area contributed by atoms with Gasteiger partial charge in [-0.1, -0.05) is 0 Å². The largest absolute Gasteiger partial charge is 0.507 e. The average Bonchev–Trinajstić information content (AvgIpc) is 2.17. The maximum Gasteiger partial charge on any atom is 0.341 e. The molecule has 0 unspecified atom stereocenters. The minimum Gasteiger partial charge on any atom is -0.507 e. The van der Waals surface area contributed by atoms with Gasteiger partial charge in [0.25, 0.3) is 0 Å². The zero-order valence-corrected chi connectivity index (χ0v) is 8.40. The number of hydrogen-bond acceptors (Lipinski definition) is 5. The molecule has 15 heavy (non-hydrogen) atoms. The Kier molecular flexibility index (Phi) is 3.93. The number of phenolic OH excluding ortho intramolecular Hbond substituents is 1. The van der Waals surface area contributed by atoms with Gasteiger partial charge >= 0.3 is 5.97 Å². The number of ether oxygens (including phenoxy) is 2. The summed E-state index contributed by atoms with van der Waals surface area (Å²) in [5.74, 6) is -0.776. The number of nitrogens with two attached hydrogens (primary N) is 1. The topological polar surface area (TPSA) is 81.8 Å². The summed E-state index contributed by atoms with van der Waals surface area (Å²) in [6, 6.07) is 4.24. The Bertz CT molecular complexity index is 351. The van der Waals surface area contributed by atoms with Crippen LogP contribution >= 0.6 is 0 Å². The lowest BCUT2D eigenvalue weighted by Crippen LogP contribution is -2.10. The third-order valence-electron chi connectivity index (χ3n) is 1.76. The van der Waals surface area contributed by atoms with E-state index in [0.717, 1.165) is 0 Å². The molecule has 0 atom stereocenters. The summed E-state index contributed by atoms with van der Waals surface area (Å²) >= 11 is 0. The van der Waals surface area contributed by atoms with Crippen molar-refractivity contribution in [3.05, 3.63) is 23.8 Å². The first-order valence-corrected chi connectivity index (χ1v) is 4.39. The molecule has 0 aliphatic rings. The van der Waals surface area contributed by atoms with Gasteiger partial charge in [0.05, 0.1) is 6.61 Å². The second kappa shape index (κ2) is 5.21. The highest BCUT2D eigenvalue weighted by Gasteiger charge is 2.12. The summed E-state index contributed by atoms with van der Waals surface area (Å²) in [6.07, 6.45) is 0. The van der Waals surface area contributed by atoms with Gasteiger partial charge in [-0.15, -0.1) is 0 Å². The molecule has 0 radical (unpaired) electrons. The lowest BCUT2D eigenvalue weighted by atomic mass is 10.2. The molecule has 5 nitrogen and oxygen atoms in total. The van der Waals surface area contributed by atoms with E-state index < -0.39 is 5.97 Å². The Balaban J connectivity index is 2.65. The zero-order valence-electron chi connectivity index (χ0n) is 8.40. The second-order valence-electron chi connectivity index (χ2n) is 2.91. The lowest BCUT2D eigenvalue weighted by molar-refractivity contribution is 0.0385. The van der Waals surface area contributed by atoms with E-state index in [1.165, 1.54) is 25.3 Å². The number of anilines is 1. The average molecular weight is 211 g/mol. The third kappa shape index (κ3) is 3.14. The van der Waals surface area contributed by atoms with Gasteiger partial charge in [0.15, 0.2) is 0 Å². The van der Waals surface area contributed by atoms with Crippen LogP contribution in [-0.4, -0.2) is 31.4 Å². The van der Waals surface area contributed by atoms with Crippen LogP contribution in [0, 0.1) is 0 Å². The van der Waals surface area contributed by atoms with E-state index in [-0.39, 0.29) is 17.9 Å². The van der Waals surface area contributed by atoms with E-state index in [2.05, 4.69) is 0 Å². The summed E-state index contributed by atoms with van der Waals surface area (Å²) in [7, 11) is 1.51. The summed E-state index contributed by atoms with van der Waals surface area (Å²) < 4.78 is 9.54. The van der Waals surface area contributed by atoms with Gasteiger partial charge in [0.1, 0.15) is 17.9 Å². The number of rotatable bonds is 4. The fourth-order valence-corrected chi connectivity index (χ4v) is 1.02. The van der Waals surface area contributed by atoms with E-state index >= 15 is 0 Å². The van der Waals surface area contributed by atoms with Crippen molar-refractivity contribution in [1.82, 2.24) is 0 Å². The predicted octanol–water partition coefficient (Wildman–Crippen LogP) is 0.778. The van der Waals surface area contributed by atoms with Crippen molar-refractivity contribution in [1.29, 1.82) is 0 Å². The molecule has 1 aromatic rings. The number of aromatic hydroxyl groups is 1. The Morgan fingerprint density at radius 1 is 1.47 bits per heavy atom. The molecule has 0 spiro atoms. The van der Waals surface area contributed by atoms with Gasteiger partial charge in [0.2, 0.25) is 0 Å². The van der Waals surface area contributed by atoms with Gasteiger partial charge in [-0.2, -0.15) is 0 Å². The zero-order chi connectivity index (χ0) is 11.3. The van der Waals surface area contributed by atoms with E-state index in [0.29, 0.717) is 12.3 Å². The summed E-state index contributed by atoms with van der Waals surface area (Å²) in [4.78, 5) is 11.4. The lowest BCUT2D eigenvalue weighted by Gasteiger charge is -2.06. The minimum atomic E-state index is -0.593. The SMILES string of the molecule is COCCOC(=O)c1ccc(N)cc1O. The van der Waals surface area contributed by atoms with E-state index in [1.807, 2.05) is 0 Å². The van der Waals surface area contributed by atoms with Gasteiger partial charge < -0.3 is 20.3 Å². The number of carbonyl (C=O) groups is 1. The first kappa shape index (κ1) is 11.3. The molecule has 0 saturated carbocycles. The molecule has 0 fully saturated rings. The maximum absolute atomic E-state index is 11.4. The number of carbonyl (C=O) groups excluding carboxylic acids is 1. The van der Waals surface area contributed by atoms with Crippen LogP contribution in [0.5, 0.6) is 5.75 Å². The van der Waals surface area contributed by atoms with Gasteiger partial charge in [0, 0.05) is 18.9 Å². The number of nitrogen functional groups attached to an aromatic ring is 1. The van der Waals surface area contributed by atoms with Crippen LogP contribution in [0.15, 0.2) is 18.2 Å². The fraction of sp³-hybridized carbons (Fsp3) is 0.300. The molecule has 0 bridgehead atoms. The summed E-state index contributed by atoms with van der Waals surface area (Å²) in [5, 5.41) is 9.41. The van der Waals surface area contributed by atoms with Gasteiger partial charge in [-0.05, 0) is 12.1 Å². The molecule has 3 N–H and O–H groups in total. The Hall–Kier alpha value is -1.75. The van der Waals surface area contributed by atoms with Gasteiger partial charge in [-0.3, -0.25) is 0 Å². The maximum atomic E-state index is 11.4. The van der Waals surface area contributed by atoms with Crippen molar-refractivity contribution in [2.75, 3.05) is 26.1 Å². The number of benzene rings is 1. The third-order valence-corrected chi connectivity index (χ3v) is 1.76. The van der Waals surface area contributed by atoms with E-state index in [1.54, 1.807) is 0 Å². The Morgan fingerprint density at radius 3 is 2.80 bits per heavy atom. The van der Waals surface area contributed by atoms with Crippen LogP contribution in [-0.2, 0) is 9.47 Å². The molecule has 1 rings (SSSR count). The number of methoxy groups -OCH3 is 1. The van der Waals surface area contributed by atoms with Crippen LogP contribution in [0.2, 0.25) is 0 Å². The molecule has 5 heteroatoms. The van der Waals surface area contributed by atoms with E-state index in [4.69, 9.17) is 15.2 Å². The van der Waals surface area contributed by atoms with Crippen LogP contribution in [0.3, 0.4) is 0 Å². The molecular weight excluding hydrogens is 198 g/mol. The Labute approximate surface area is 87.4 Å². The highest BCUT2D eigenvalue weighted by atomic mass is 16.6. The molecule has 82 valence electrons. The van der Waals surface area contributed by atoms with Crippen molar-refractivity contribution >= 4 is 11.7 Å². The van der Waals surface area contributed by atoms with E-state index in [9.17, 15) is 9.90 Å². The second-order valence-corrected chi connectivity index (χ2v) is 2.91.